The Morgan fingerprint density at radius 2 is 2.07 bits per heavy atom. The van der Waals surface area contributed by atoms with E-state index in [-0.39, 0.29) is 12.1 Å². The summed E-state index contributed by atoms with van der Waals surface area (Å²) in [5, 5.41) is 13.4. The number of aliphatic hydroxyl groups excluding tert-OH is 1. The Balaban J connectivity index is 2.04. The van der Waals surface area contributed by atoms with Crippen LogP contribution in [0.5, 0.6) is 0 Å². The zero-order valence-electron chi connectivity index (χ0n) is 10.1. The van der Waals surface area contributed by atoms with Crippen LogP contribution in [0.4, 0.5) is 0 Å². The van der Waals surface area contributed by atoms with Gasteiger partial charge in [-0.2, -0.15) is 11.8 Å². The Kier molecular flexibility index (Phi) is 6.02. The minimum atomic E-state index is -0.0732. The van der Waals surface area contributed by atoms with Gasteiger partial charge in [-0.3, -0.25) is 0 Å². The van der Waals surface area contributed by atoms with E-state index < -0.39 is 0 Å². The second-order valence-corrected chi connectivity index (χ2v) is 6.26. The zero-order chi connectivity index (χ0) is 11.1. The van der Waals surface area contributed by atoms with Gasteiger partial charge in [-0.15, -0.1) is 0 Å². The fraction of sp³-hybridized carbons (Fsp3) is 1.00. The van der Waals surface area contributed by atoms with Gasteiger partial charge >= 0.3 is 0 Å². The maximum atomic E-state index is 9.23. The first-order valence-electron chi connectivity index (χ1n) is 6.11. The third kappa shape index (κ3) is 4.75. The van der Waals surface area contributed by atoms with Crippen LogP contribution in [0.3, 0.4) is 0 Å². The summed E-state index contributed by atoms with van der Waals surface area (Å²) in [5.74, 6) is 1.25. The molecule has 90 valence electrons. The van der Waals surface area contributed by atoms with Crippen molar-refractivity contribution in [2.45, 2.75) is 56.2 Å². The molecule has 0 saturated heterocycles. The Bertz CT molecular complexity index is 165. The van der Waals surface area contributed by atoms with E-state index in [2.05, 4.69) is 24.0 Å². The molecule has 2 N–H and O–H groups in total. The first kappa shape index (κ1) is 13.3. The second-order valence-electron chi connectivity index (χ2n) is 4.85. The molecule has 0 radical (unpaired) electrons. The molecule has 1 atom stereocenters. The third-order valence-electron chi connectivity index (χ3n) is 3.48. The van der Waals surface area contributed by atoms with Gasteiger partial charge in [0.2, 0.25) is 0 Å². The molecule has 0 bridgehead atoms. The molecular weight excluding hydrogens is 206 g/mol. The molecule has 0 aromatic rings. The van der Waals surface area contributed by atoms with Crippen molar-refractivity contribution in [3.05, 3.63) is 0 Å². The summed E-state index contributed by atoms with van der Waals surface area (Å²) in [4.78, 5) is 0. The van der Waals surface area contributed by atoms with Crippen LogP contribution < -0.4 is 5.32 Å². The highest BCUT2D eigenvalue weighted by atomic mass is 32.2. The van der Waals surface area contributed by atoms with E-state index in [1.165, 1.54) is 37.9 Å². The molecule has 1 aliphatic rings. The number of hydrogen-bond donors (Lipinski definition) is 2. The van der Waals surface area contributed by atoms with E-state index in [1.54, 1.807) is 0 Å². The lowest BCUT2D eigenvalue weighted by molar-refractivity contribution is 0.173. The maximum Gasteiger partial charge on any atom is 0.0610 e. The molecule has 1 aliphatic carbocycles. The highest BCUT2D eigenvalue weighted by molar-refractivity contribution is 7.99. The highest BCUT2D eigenvalue weighted by Crippen LogP contribution is 2.30. The van der Waals surface area contributed by atoms with Crippen LogP contribution >= 0.6 is 11.8 Å². The van der Waals surface area contributed by atoms with Gasteiger partial charge < -0.3 is 10.4 Å². The van der Waals surface area contributed by atoms with Gasteiger partial charge in [-0.25, -0.2) is 0 Å². The first-order valence-corrected chi connectivity index (χ1v) is 7.16. The molecule has 0 aromatic carbocycles. The van der Waals surface area contributed by atoms with Crippen molar-refractivity contribution >= 4 is 11.8 Å². The summed E-state index contributed by atoms with van der Waals surface area (Å²) in [7, 11) is 1.93. The van der Waals surface area contributed by atoms with Crippen LogP contribution in [0.1, 0.15) is 45.4 Å². The van der Waals surface area contributed by atoms with Crippen molar-refractivity contribution in [2.24, 2.45) is 0 Å². The summed E-state index contributed by atoms with van der Waals surface area (Å²) in [6, 6.07) is 0. The van der Waals surface area contributed by atoms with Crippen LogP contribution in [0.2, 0.25) is 0 Å². The van der Waals surface area contributed by atoms with Gasteiger partial charge in [0.15, 0.2) is 0 Å². The van der Waals surface area contributed by atoms with Gasteiger partial charge in [0.1, 0.15) is 0 Å². The number of thioether (sulfide) groups is 1. The first-order chi connectivity index (χ1) is 7.20. The van der Waals surface area contributed by atoms with Crippen molar-refractivity contribution in [3.8, 4) is 0 Å². The smallest absolute Gasteiger partial charge is 0.0610 e. The Morgan fingerprint density at radius 3 is 2.60 bits per heavy atom. The maximum absolute atomic E-state index is 9.23. The molecule has 0 aliphatic heterocycles. The molecule has 1 rings (SSSR count). The molecule has 0 spiro atoms. The Morgan fingerprint density at radius 1 is 1.40 bits per heavy atom. The zero-order valence-corrected chi connectivity index (χ0v) is 10.9. The SMILES string of the molecule is CNC(C)(CO)CCCSC1CCCC1. The van der Waals surface area contributed by atoms with E-state index in [4.69, 9.17) is 0 Å². The summed E-state index contributed by atoms with van der Waals surface area (Å²) in [5.41, 5.74) is -0.0732. The predicted octanol–water partition coefficient (Wildman–Crippen LogP) is 2.41. The molecule has 0 aromatic heterocycles. The Hall–Kier alpha value is 0.270. The lowest BCUT2D eigenvalue weighted by atomic mass is 9.98. The molecule has 2 nitrogen and oxygen atoms in total. The summed E-state index contributed by atoms with van der Waals surface area (Å²) in [6.45, 7) is 2.32. The van der Waals surface area contributed by atoms with Crippen molar-refractivity contribution in [2.75, 3.05) is 19.4 Å². The van der Waals surface area contributed by atoms with Gasteiger partial charge in [0.25, 0.3) is 0 Å². The molecule has 1 unspecified atom stereocenters. The van der Waals surface area contributed by atoms with Gasteiger partial charge in [0, 0.05) is 10.8 Å². The van der Waals surface area contributed by atoms with E-state index >= 15 is 0 Å². The number of nitrogens with one attached hydrogen (secondary N) is 1. The summed E-state index contributed by atoms with van der Waals surface area (Å²) < 4.78 is 0. The van der Waals surface area contributed by atoms with Crippen molar-refractivity contribution in [1.29, 1.82) is 0 Å². The minimum Gasteiger partial charge on any atom is -0.394 e. The molecule has 0 amide bonds. The van der Waals surface area contributed by atoms with Crippen molar-refractivity contribution in [3.63, 3.8) is 0 Å². The minimum absolute atomic E-state index is 0.0732. The predicted molar refractivity (Wildman–Crippen MR) is 68.5 cm³/mol. The lowest BCUT2D eigenvalue weighted by Crippen LogP contribution is -2.43. The van der Waals surface area contributed by atoms with Gasteiger partial charge in [-0.1, -0.05) is 12.8 Å². The second kappa shape index (κ2) is 6.77. The fourth-order valence-corrected chi connectivity index (χ4v) is 3.36. The number of aliphatic hydroxyl groups is 1. The molecule has 3 heteroatoms. The standard InChI is InChI=1S/C12H25NOS/c1-12(10-14,13-2)8-5-9-15-11-6-3-4-7-11/h11,13-14H,3-10H2,1-2H3. The molecule has 0 heterocycles. The van der Waals surface area contributed by atoms with Gasteiger partial charge in [0.05, 0.1) is 6.61 Å². The van der Waals surface area contributed by atoms with Crippen LogP contribution in [0.25, 0.3) is 0 Å². The largest absolute Gasteiger partial charge is 0.394 e. The van der Waals surface area contributed by atoms with Crippen molar-refractivity contribution < 1.29 is 5.11 Å². The van der Waals surface area contributed by atoms with E-state index in [9.17, 15) is 5.11 Å². The topological polar surface area (TPSA) is 32.3 Å². The quantitative estimate of drug-likeness (QED) is 0.660. The van der Waals surface area contributed by atoms with E-state index in [0.717, 1.165) is 11.7 Å². The summed E-state index contributed by atoms with van der Waals surface area (Å²) in [6.07, 6.45) is 7.99. The average molecular weight is 231 g/mol. The average Bonchev–Trinajstić information content (AvgIpc) is 2.77. The number of likely N-dealkylation sites (N-methyl/N-ethyl adjacent to an activating group) is 1. The Labute approximate surface area is 98.2 Å². The monoisotopic (exact) mass is 231 g/mol. The third-order valence-corrected chi connectivity index (χ3v) is 4.95. The molecule has 1 saturated carbocycles. The van der Waals surface area contributed by atoms with Crippen molar-refractivity contribution in [1.82, 2.24) is 5.32 Å². The molecule has 1 fully saturated rings. The summed E-state index contributed by atoms with van der Waals surface area (Å²) >= 11 is 2.14. The number of hydrogen-bond acceptors (Lipinski definition) is 3. The van der Waals surface area contributed by atoms with Gasteiger partial charge in [-0.05, 0) is 45.4 Å². The van der Waals surface area contributed by atoms with E-state index in [1.807, 2.05) is 7.05 Å². The highest BCUT2D eigenvalue weighted by Gasteiger charge is 2.20. The van der Waals surface area contributed by atoms with E-state index in [0.29, 0.717) is 0 Å². The normalized spacial score (nSPS) is 21.8. The van der Waals surface area contributed by atoms with Crippen LogP contribution in [-0.4, -0.2) is 35.3 Å². The van der Waals surface area contributed by atoms with Crippen LogP contribution in [0, 0.1) is 0 Å². The number of rotatable bonds is 7. The lowest BCUT2D eigenvalue weighted by Gasteiger charge is -2.26. The fourth-order valence-electron chi connectivity index (χ4n) is 2.05. The molecule has 15 heavy (non-hydrogen) atoms. The van der Waals surface area contributed by atoms with Crippen LogP contribution in [-0.2, 0) is 0 Å². The van der Waals surface area contributed by atoms with Crippen LogP contribution in [0.15, 0.2) is 0 Å². The molecular formula is C12H25NOS.